The van der Waals surface area contributed by atoms with Crippen molar-refractivity contribution in [3.8, 4) is 0 Å². The minimum Gasteiger partial charge on any atom is -0.378 e. The SMILES string of the molecule is C=CCn1c(CNc2ccc(C)cc2)nnc1SCC(=O)NN=Cc1ccc(C)cc1. The lowest BCUT2D eigenvalue weighted by Gasteiger charge is -2.09. The molecule has 0 radical (unpaired) electrons. The van der Waals surface area contributed by atoms with E-state index in [-0.39, 0.29) is 11.7 Å². The van der Waals surface area contributed by atoms with Gasteiger partial charge in [0.1, 0.15) is 0 Å². The van der Waals surface area contributed by atoms with E-state index < -0.39 is 0 Å². The Morgan fingerprint density at radius 3 is 2.45 bits per heavy atom. The fourth-order valence-electron chi connectivity index (χ4n) is 2.72. The van der Waals surface area contributed by atoms with E-state index in [0.717, 1.165) is 17.1 Å². The van der Waals surface area contributed by atoms with E-state index in [1.54, 1.807) is 12.3 Å². The number of thioether (sulfide) groups is 1. The molecule has 160 valence electrons. The molecule has 0 aliphatic heterocycles. The second-order valence-electron chi connectivity index (χ2n) is 7.01. The quantitative estimate of drug-likeness (QED) is 0.219. The van der Waals surface area contributed by atoms with Gasteiger partial charge in [0.15, 0.2) is 11.0 Å². The molecule has 31 heavy (non-hydrogen) atoms. The van der Waals surface area contributed by atoms with Crippen molar-refractivity contribution in [2.45, 2.75) is 32.1 Å². The van der Waals surface area contributed by atoms with Crippen LogP contribution in [0.1, 0.15) is 22.5 Å². The maximum Gasteiger partial charge on any atom is 0.250 e. The molecule has 0 unspecified atom stereocenters. The predicted molar refractivity (Wildman–Crippen MR) is 126 cm³/mol. The van der Waals surface area contributed by atoms with Gasteiger partial charge in [-0.15, -0.1) is 16.8 Å². The summed E-state index contributed by atoms with van der Waals surface area (Å²) in [5, 5.41) is 16.5. The Hall–Kier alpha value is -3.39. The highest BCUT2D eigenvalue weighted by Gasteiger charge is 2.13. The lowest BCUT2D eigenvalue weighted by Crippen LogP contribution is -2.20. The van der Waals surface area contributed by atoms with Crippen molar-refractivity contribution < 1.29 is 4.79 Å². The van der Waals surface area contributed by atoms with Crippen molar-refractivity contribution >= 4 is 29.6 Å². The van der Waals surface area contributed by atoms with Crippen LogP contribution in [0.4, 0.5) is 5.69 Å². The molecule has 3 rings (SSSR count). The summed E-state index contributed by atoms with van der Waals surface area (Å²) in [7, 11) is 0. The van der Waals surface area contributed by atoms with Gasteiger partial charge in [-0.05, 0) is 31.5 Å². The van der Waals surface area contributed by atoms with Gasteiger partial charge in [-0.1, -0.05) is 65.4 Å². The smallest absolute Gasteiger partial charge is 0.250 e. The largest absolute Gasteiger partial charge is 0.378 e. The summed E-state index contributed by atoms with van der Waals surface area (Å²) in [6, 6.07) is 16.1. The number of hydrogen-bond donors (Lipinski definition) is 2. The number of nitrogens with one attached hydrogen (secondary N) is 2. The van der Waals surface area contributed by atoms with Crippen LogP contribution in [0.3, 0.4) is 0 Å². The zero-order chi connectivity index (χ0) is 22.1. The highest BCUT2D eigenvalue weighted by molar-refractivity contribution is 7.99. The number of hydrogen-bond acceptors (Lipinski definition) is 6. The first kappa shape index (κ1) is 22.3. The number of anilines is 1. The average molecular weight is 435 g/mol. The van der Waals surface area contributed by atoms with Gasteiger partial charge in [0.05, 0.1) is 18.5 Å². The van der Waals surface area contributed by atoms with Crippen molar-refractivity contribution in [3.05, 3.63) is 83.7 Å². The molecular weight excluding hydrogens is 408 g/mol. The Kier molecular flexibility index (Phi) is 8.00. The molecule has 0 spiro atoms. The molecule has 3 aromatic rings. The van der Waals surface area contributed by atoms with Crippen molar-refractivity contribution in [1.82, 2.24) is 20.2 Å². The summed E-state index contributed by atoms with van der Waals surface area (Å²) in [6.07, 6.45) is 3.41. The molecule has 1 aromatic heterocycles. The summed E-state index contributed by atoms with van der Waals surface area (Å²) >= 11 is 1.32. The molecule has 1 amide bonds. The Labute approximate surface area is 186 Å². The molecule has 7 nitrogen and oxygen atoms in total. The number of carbonyl (C=O) groups excluding carboxylic acids is 1. The molecule has 8 heteroatoms. The summed E-state index contributed by atoms with van der Waals surface area (Å²) in [5.74, 6) is 0.757. The van der Waals surface area contributed by atoms with Crippen molar-refractivity contribution in [3.63, 3.8) is 0 Å². The van der Waals surface area contributed by atoms with Gasteiger partial charge < -0.3 is 9.88 Å². The maximum atomic E-state index is 12.1. The van der Waals surface area contributed by atoms with Crippen LogP contribution in [0.2, 0.25) is 0 Å². The van der Waals surface area contributed by atoms with E-state index in [0.29, 0.717) is 18.2 Å². The normalized spacial score (nSPS) is 10.9. The number of rotatable bonds is 10. The molecular formula is C23H26N6OS. The van der Waals surface area contributed by atoms with Gasteiger partial charge >= 0.3 is 0 Å². The number of benzene rings is 2. The third-order valence-electron chi connectivity index (χ3n) is 4.42. The predicted octanol–water partition coefficient (Wildman–Crippen LogP) is 3.94. The fourth-order valence-corrected chi connectivity index (χ4v) is 3.47. The van der Waals surface area contributed by atoms with Crippen LogP contribution in [0.15, 0.2) is 71.4 Å². The molecule has 0 aliphatic rings. The van der Waals surface area contributed by atoms with Crippen molar-refractivity contribution in [2.75, 3.05) is 11.1 Å². The lowest BCUT2D eigenvalue weighted by atomic mass is 10.2. The van der Waals surface area contributed by atoms with E-state index in [1.807, 2.05) is 47.9 Å². The highest BCUT2D eigenvalue weighted by Crippen LogP contribution is 2.18. The minimum absolute atomic E-state index is 0.186. The highest BCUT2D eigenvalue weighted by atomic mass is 32.2. The number of aromatic nitrogens is 3. The van der Waals surface area contributed by atoms with Gasteiger partial charge in [0.2, 0.25) is 0 Å². The molecule has 0 atom stereocenters. The van der Waals surface area contributed by atoms with E-state index in [4.69, 9.17) is 0 Å². The second-order valence-corrected chi connectivity index (χ2v) is 7.95. The van der Waals surface area contributed by atoms with E-state index in [9.17, 15) is 4.79 Å². The molecule has 1 heterocycles. The van der Waals surface area contributed by atoms with Crippen LogP contribution in [-0.4, -0.2) is 32.6 Å². The minimum atomic E-state index is -0.208. The van der Waals surface area contributed by atoms with Gasteiger partial charge in [-0.25, -0.2) is 5.43 Å². The summed E-state index contributed by atoms with van der Waals surface area (Å²) in [6.45, 7) is 8.98. The molecule has 0 bridgehead atoms. The summed E-state index contributed by atoms with van der Waals surface area (Å²) in [4.78, 5) is 12.1. The molecule has 0 aliphatic carbocycles. The molecule has 0 saturated heterocycles. The zero-order valence-electron chi connectivity index (χ0n) is 17.7. The number of hydrazone groups is 1. The fraction of sp³-hybridized carbons (Fsp3) is 0.217. The number of nitrogens with zero attached hydrogens (tertiary/aromatic N) is 4. The standard InChI is InChI=1S/C23H26N6OS/c1-4-13-29-21(15-24-20-11-7-18(3)8-12-20)26-28-23(29)31-16-22(30)27-25-14-19-9-5-17(2)6-10-19/h4-12,14,24H,1,13,15-16H2,2-3H3,(H,27,30). The number of aryl methyl sites for hydroxylation is 2. The van der Waals surface area contributed by atoms with Gasteiger partial charge in [-0.3, -0.25) is 4.79 Å². The van der Waals surface area contributed by atoms with Crippen LogP contribution in [0.5, 0.6) is 0 Å². The van der Waals surface area contributed by atoms with Crippen LogP contribution in [-0.2, 0) is 17.9 Å². The Morgan fingerprint density at radius 1 is 1.10 bits per heavy atom. The van der Waals surface area contributed by atoms with Gasteiger partial charge in [-0.2, -0.15) is 5.10 Å². The molecule has 0 saturated carbocycles. The first-order valence-electron chi connectivity index (χ1n) is 9.90. The zero-order valence-corrected chi connectivity index (χ0v) is 18.5. The Bertz CT molecular complexity index is 1040. The van der Waals surface area contributed by atoms with Gasteiger partial charge in [0, 0.05) is 12.2 Å². The number of amides is 1. The van der Waals surface area contributed by atoms with Crippen LogP contribution >= 0.6 is 11.8 Å². The van der Waals surface area contributed by atoms with E-state index >= 15 is 0 Å². The second kappa shape index (κ2) is 11.1. The summed E-state index contributed by atoms with van der Waals surface area (Å²) < 4.78 is 1.95. The average Bonchev–Trinajstić information content (AvgIpc) is 3.15. The monoisotopic (exact) mass is 434 g/mol. The van der Waals surface area contributed by atoms with Gasteiger partial charge in [0.25, 0.3) is 5.91 Å². The van der Waals surface area contributed by atoms with Crippen molar-refractivity contribution in [2.24, 2.45) is 5.10 Å². The topological polar surface area (TPSA) is 84.2 Å². The van der Waals surface area contributed by atoms with Crippen LogP contribution in [0.25, 0.3) is 0 Å². The summed E-state index contributed by atoms with van der Waals surface area (Å²) in [5.41, 5.74) is 6.87. The molecule has 2 aromatic carbocycles. The van der Waals surface area contributed by atoms with Crippen LogP contribution < -0.4 is 10.7 Å². The molecule has 2 N–H and O–H groups in total. The maximum absolute atomic E-state index is 12.1. The first-order valence-corrected chi connectivity index (χ1v) is 10.9. The third kappa shape index (κ3) is 6.82. The van der Waals surface area contributed by atoms with E-state index in [2.05, 4.69) is 51.7 Å². The molecule has 0 fully saturated rings. The lowest BCUT2D eigenvalue weighted by molar-refractivity contribution is -0.118. The third-order valence-corrected chi connectivity index (χ3v) is 5.39. The van der Waals surface area contributed by atoms with Crippen molar-refractivity contribution in [1.29, 1.82) is 0 Å². The Balaban J connectivity index is 1.54. The number of allylic oxidation sites excluding steroid dienone is 1. The number of carbonyl (C=O) groups is 1. The van der Waals surface area contributed by atoms with E-state index in [1.165, 1.54) is 22.9 Å². The van der Waals surface area contributed by atoms with Crippen LogP contribution in [0, 0.1) is 13.8 Å². The Morgan fingerprint density at radius 2 is 1.77 bits per heavy atom. The first-order chi connectivity index (χ1) is 15.0.